The molecule has 1 aromatic carbocycles. The zero-order valence-electron chi connectivity index (χ0n) is 10.4. The number of halogens is 1. The van der Waals surface area contributed by atoms with Crippen molar-refractivity contribution in [2.45, 2.75) is 6.92 Å². The lowest BCUT2D eigenvalue weighted by Gasteiger charge is -2.25. The van der Waals surface area contributed by atoms with Gasteiger partial charge in [0.1, 0.15) is 5.82 Å². The Balaban J connectivity index is 1.88. The van der Waals surface area contributed by atoms with Gasteiger partial charge in [0, 0.05) is 30.3 Å². The summed E-state index contributed by atoms with van der Waals surface area (Å²) in [6.45, 7) is 3.98. The molecule has 1 heterocycles. The number of benzene rings is 1. The second-order valence-corrected chi connectivity index (χ2v) is 5.63. The van der Waals surface area contributed by atoms with E-state index in [1.807, 2.05) is 11.8 Å². The smallest absolute Gasteiger partial charge is 0.238 e. The summed E-state index contributed by atoms with van der Waals surface area (Å²) in [7, 11) is 0. The first kappa shape index (κ1) is 13.4. The van der Waals surface area contributed by atoms with E-state index in [4.69, 9.17) is 0 Å². The van der Waals surface area contributed by atoms with Gasteiger partial charge in [-0.05, 0) is 24.6 Å². The first-order chi connectivity index (χ1) is 8.65. The third-order valence-corrected chi connectivity index (χ3v) is 3.87. The van der Waals surface area contributed by atoms with Gasteiger partial charge in [0.15, 0.2) is 0 Å². The average molecular weight is 268 g/mol. The molecule has 0 radical (unpaired) electrons. The van der Waals surface area contributed by atoms with Crippen molar-refractivity contribution in [2.75, 3.05) is 36.5 Å². The molecule has 0 bridgehead atoms. The van der Waals surface area contributed by atoms with Gasteiger partial charge in [-0.3, -0.25) is 9.69 Å². The van der Waals surface area contributed by atoms with Crippen molar-refractivity contribution in [3.63, 3.8) is 0 Å². The molecule has 1 aliphatic heterocycles. The average Bonchev–Trinajstić information content (AvgIpc) is 2.35. The zero-order valence-corrected chi connectivity index (χ0v) is 11.2. The van der Waals surface area contributed by atoms with E-state index in [0.717, 1.165) is 24.6 Å². The summed E-state index contributed by atoms with van der Waals surface area (Å²) in [5.74, 6) is 1.78. The molecule has 0 saturated carbocycles. The van der Waals surface area contributed by atoms with E-state index in [1.165, 1.54) is 6.07 Å². The highest BCUT2D eigenvalue weighted by molar-refractivity contribution is 7.99. The number of rotatable bonds is 3. The van der Waals surface area contributed by atoms with Crippen LogP contribution in [0, 0.1) is 12.7 Å². The highest BCUT2D eigenvalue weighted by Gasteiger charge is 2.14. The van der Waals surface area contributed by atoms with Gasteiger partial charge in [0.25, 0.3) is 0 Å². The van der Waals surface area contributed by atoms with Gasteiger partial charge in [0.05, 0.1) is 6.54 Å². The largest absolute Gasteiger partial charge is 0.325 e. The van der Waals surface area contributed by atoms with E-state index >= 15 is 0 Å². The highest BCUT2D eigenvalue weighted by atomic mass is 32.2. The van der Waals surface area contributed by atoms with Crippen LogP contribution in [0.5, 0.6) is 0 Å². The first-order valence-corrected chi connectivity index (χ1v) is 7.17. The summed E-state index contributed by atoms with van der Waals surface area (Å²) in [6.07, 6.45) is 0. The van der Waals surface area contributed by atoms with Crippen LogP contribution < -0.4 is 5.32 Å². The van der Waals surface area contributed by atoms with Crippen LogP contribution in [0.3, 0.4) is 0 Å². The molecule has 1 fully saturated rings. The number of carbonyl (C=O) groups excluding carboxylic acids is 1. The lowest BCUT2D eigenvalue weighted by molar-refractivity contribution is -0.117. The van der Waals surface area contributed by atoms with Crippen LogP contribution in [0.15, 0.2) is 18.2 Å². The van der Waals surface area contributed by atoms with Crippen molar-refractivity contribution >= 4 is 23.4 Å². The van der Waals surface area contributed by atoms with Gasteiger partial charge in [-0.15, -0.1) is 0 Å². The topological polar surface area (TPSA) is 32.3 Å². The Labute approximate surface area is 111 Å². The van der Waals surface area contributed by atoms with Crippen molar-refractivity contribution in [3.8, 4) is 0 Å². The van der Waals surface area contributed by atoms with Gasteiger partial charge >= 0.3 is 0 Å². The van der Waals surface area contributed by atoms with Crippen LogP contribution in [-0.4, -0.2) is 41.9 Å². The molecule has 3 nitrogen and oxygen atoms in total. The fraction of sp³-hybridized carbons (Fsp3) is 0.462. The molecule has 2 rings (SSSR count). The fourth-order valence-corrected chi connectivity index (χ4v) is 2.81. The van der Waals surface area contributed by atoms with Crippen molar-refractivity contribution in [3.05, 3.63) is 29.6 Å². The van der Waals surface area contributed by atoms with E-state index < -0.39 is 0 Å². The Bertz CT molecular complexity index is 433. The van der Waals surface area contributed by atoms with Crippen molar-refractivity contribution in [1.82, 2.24) is 4.90 Å². The molecule has 0 aromatic heterocycles. The minimum Gasteiger partial charge on any atom is -0.325 e. The zero-order chi connectivity index (χ0) is 13.0. The Morgan fingerprint density at radius 2 is 2.17 bits per heavy atom. The van der Waals surface area contributed by atoms with Gasteiger partial charge in [-0.2, -0.15) is 11.8 Å². The second-order valence-electron chi connectivity index (χ2n) is 4.40. The summed E-state index contributed by atoms with van der Waals surface area (Å²) < 4.78 is 13.3. The van der Waals surface area contributed by atoms with E-state index in [0.29, 0.717) is 17.8 Å². The van der Waals surface area contributed by atoms with Gasteiger partial charge in [0.2, 0.25) is 5.91 Å². The van der Waals surface area contributed by atoms with Crippen LogP contribution in [-0.2, 0) is 4.79 Å². The van der Waals surface area contributed by atoms with E-state index in [1.54, 1.807) is 19.1 Å². The van der Waals surface area contributed by atoms with Crippen molar-refractivity contribution in [2.24, 2.45) is 0 Å². The second kappa shape index (κ2) is 6.20. The molecule has 1 amide bonds. The number of hydrogen-bond acceptors (Lipinski definition) is 3. The highest BCUT2D eigenvalue weighted by Crippen LogP contribution is 2.14. The number of carbonyl (C=O) groups is 1. The van der Waals surface area contributed by atoms with Crippen LogP contribution in [0.1, 0.15) is 5.56 Å². The van der Waals surface area contributed by atoms with E-state index in [2.05, 4.69) is 10.2 Å². The van der Waals surface area contributed by atoms with Crippen LogP contribution in [0.2, 0.25) is 0 Å². The molecule has 1 aromatic rings. The molecule has 98 valence electrons. The number of nitrogens with one attached hydrogen (secondary N) is 1. The first-order valence-electron chi connectivity index (χ1n) is 6.01. The summed E-state index contributed by atoms with van der Waals surface area (Å²) in [6, 6.07) is 4.75. The molecule has 0 spiro atoms. The normalized spacial score (nSPS) is 16.6. The predicted molar refractivity (Wildman–Crippen MR) is 73.5 cm³/mol. The lowest BCUT2D eigenvalue weighted by Crippen LogP contribution is -2.38. The molecule has 5 heteroatoms. The minimum absolute atomic E-state index is 0.0786. The van der Waals surface area contributed by atoms with E-state index in [9.17, 15) is 9.18 Å². The van der Waals surface area contributed by atoms with Crippen LogP contribution in [0.4, 0.5) is 10.1 Å². The van der Waals surface area contributed by atoms with Crippen LogP contribution >= 0.6 is 11.8 Å². The molecule has 0 aliphatic carbocycles. The molecule has 1 N–H and O–H groups in total. The molecular formula is C13H17FN2OS. The Morgan fingerprint density at radius 1 is 1.44 bits per heavy atom. The maximum Gasteiger partial charge on any atom is 0.238 e. The molecular weight excluding hydrogens is 251 g/mol. The maximum absolute atomic E-state index is 13.3. The maximum atomic E-state index is 13.3. The number of hydrogen-bond donors (Lipinski definition) is 1. The summed E-state index contributed by atoms with van der Waals surface area (Å²) >= 11 is 1.91. The number of nitrogens with zero attached hydrogens (tertiary/aromatic N) is 1. The summed E-state index contributed by atoms with van der Waals surface area (Å²) in [5.41, 5.74) is 1.11. The molecule has 0 atom stereocenters. The SMILES string of the molecule is Cc1ccc(NC(=O)CN2CCSCC2)cc1F. The number of amides is 1. The van der Waals surface area contributed by atoms with Crippen molar-refractivity contribution < 1.29 is 9.18 Å². The quantitative estimate of drug-likeness (QED) is 0.911. The Morgan fingerprint density at radius 3 is 2.83 bits per heavy atom. The number of anilines is 1. The Hall–Kier alpha value is -1.07. The fourth-order valence-electron chi connectivity index (χ4n) is 1.83. The standard InChI is InChI=1S/C13H17FN2OS/c1-10-2-3-11(8-12(10)14)15-13(17)9-16-4-6-18-7-5-16/h2-3,8H,4-7,9H2,1H3,(H,15,17). The van der Waals surface area contributed by atoms with Gasteiger partial charge in [-0.1, -0.05) is 6.07 Å². The molecule has 1 saturated heterocycles. The third kappa shape index (κ3) is 3.71. The molecule has 18 heavy (non-hydrogen) atoms. The lowest BCUT2D eigenvalue weighted by atomic mass is 10.2. The van der Waals surface area contributed by atoms with E-state index in [-0.39, 0.29) is 11.7 Å². The number of aryl methyl sites for hydroxylation is 1. The van der Waals surface area contributed by atoms with Crippen LogP contribution in [0.25, 0.3) is 0 Å². The minimum atomic E-state index is -0.290. The Kier molecular flexibility index (Phi) is 4.60. The summed E-state index contributed by atoms with van der Waals surface area (Å²) in [5, 5.41) is 2.73. The predicted octanol–water partition coefficient (Wildman–Crippen LogP) is 2.12. The molecule has 1 aliphatic rings. The number of thioether (sulfide) groups is 1. The monoisotopic (exact) mass is 268 g/mol. The van der Waals surface area contributed by atoms with Crippen molar-refractivity contribution in [1.29, 1.82) is 0 Å². The van der Waals surface area contributed by atoms with Gasteiger partial charge < -0.3 is 5.32 Å². The molecule has 0 unspecified atom stereocenters. The third-order valence-electron chi connectivity index (χ3n) is 2.93. The summed E-state index contributed by atoms with van der Waals surface area (Å²) in [4.78, 5) is 13.9. The van der Waals surface area contributed by atoms with Gasteiger partial charge in [-0.25, -0.2) is 4.39 Å².